The zero-order valence-electron chi connectivity index (χ0n) is 16.8. The van der Waals surface area contributed by atoms with Crippen LogP contribution in [0.3, 0.4) is 0 Å². The third kappa shape index (κ3) is 5.47. The standard InChI is InChI=1S/C19H24F4N6O/c1-3-24-18(25-9-12-4-5-13(20)8-15(12)19(21,22)23)26-14-6-7-17-27-16(11-30-2)28-29(17)10-14/h4-5,8,14H,3,6-7,9-11H2,1-2H3,(H2,24,25,26). The molecule has 0 radical (unpaired) electrons. The number of alkyl halides is 3. The Labute approximate surface area is 171 Å². The lowest BCUT2D eigenvalue weighted by molar-refractivity contribution is -0.138. The fourth-order valence-electron chi connectivity index (χ4n) is 3.30. The number of rotatable bonds is 6. The van der Waals surface area contributed by atoms with Crippen molar-refractivity contribution in [3.05, 3.63) is 46.8 Å². The fourth-order valence-corrected chi connectivity index (χ4v) is 3.30. The number of guanidine groups is 1. The van der Waals surface area contributed by atoms with Gasteiger partial charge in [-0.15, -0.1) is 0 Å². The van der Waals surface area contributed by atoms with E-state index in [1.54, 1.807) is 11.8 Å². The summed E-state index contributed by atoms with van der Waals surface area (Å²) in [5, 5.41) is 10.7. The average molecular weight is 428 g/mol. The molecular formula is C19H24F4N6O. The van der Waals surface area contributed by atoms with E-state index in [1.807, 2.05) is 6.92 Å². The first-order valence-electron chi connectivity index (χ1n) is 9.62. The second-order valence-corrected chi connectivity index (χ2v) is 6.93. The summed E-state index contributed by atoms with van der Waals surface area (Å²) in [6.45, 7) is 3.07. The van der Waals surface area contributed by atoms with Gasteiger partial charge >= 0.3 is 6.18 Å². The monoisotopic (exact) mass is 428 g/mol. The van der Waals surface area contributed by atoms with Crippen LogP contribution in [0.25, 0.3) is 0 Å². The first-order chi connectivity index (χ1) is 14.3. The second-order valence-electron chi connectivity index (χ2n) is 6.93. The molecule has 1 aliphatic heterocycles. The molecule has 1 atom stereocenters. The molecule has 7 nitrogen and oxygen atoms in total. The van der Waals surface area contributed by atoms with Crippen molar-refractivity contribution in [1.29, 1.82) is 0 Å². The molecule has 0 amide bonds. The molecule has 1 unspecified atom stereocenters. The van der Waals surface area contributed by atoms with E-state index in [-0.39, 0.29) is 18.2 Å². The molecule has 0 fully saturated rings. The Hall–Kier alpha value is -2.69. The number of nitrogens with zero attached hydrogens (tertiary/aromatic N) is 4. The lowest BCUT2D eigenvalue weighted by Crippen LogP contribution is -2.47. The minimum Gasteiger partial charge on any atom is -0.377 e. The number of halogens is 4. The lowest BCUT2D eigenvalue weighted by atomic mass is 10.1. The fraction of sp³-hybridized carbons (Fsp3) is 0.526. The number of benzene rings is 1. The smallest absolute Gasteiger partial charge is 0.377 e. The number of hydrogen-bond acceptors (Lipinski definition) is 4. The Kier molecular flexibility index (Phi) is 6.91. The Balaban J connectivity index is 1.71. The van der Waals surface area contributed by atoms with Gasteiger partial charge in [0.15, 0.2) is 11.8 Å². The maximum absolute atomic E-state index is 13.3. The van der Waals surface area contributed by atoms with Crippen LogP contribution in [-0.2, 0) is 37.0 Å². The van der Waals surface area contributed by atoms with Crippen LogP contribution in [-0.4, -0.2) is 40.4 Å². The van der Waals surface area contributed by atoms with Gasteiger partial charge in [-0.3, -0.25) is 0 Å². The number of aliphatic imine (C=N–C) groups is 1. The van der Waals surface area contributed by atoms with Gasteiger partial charge in [-0.2, -0.15) is 18.3 Å². The zero-order chi connectivity index (χ0) is 21.7. The zero-order valence-corrected chi connectivity index (χ0v) is 16.8. The van der Waals surface area contributed by atoms with E-state index in [4.69, 9.17) is 4.74 Å². The van der Waals surface area contributed by atoms with Gasteiger partial charge in [0.25, 0.3) is 0 Å². The summed E-state index contributed by atoms with van der Waals surface area (Å²) in [6, 6.07) is 2.61. The van der Waals surface area contributed by atoms with Crippen molar-refractivity contribution in [1.82, 2.24) is 25.4 Å². The van der Waals surface area contributed by atoms with Gasteiger partial charge in [-0.05, 0) is 31.0 Å². The average Bonchev–Trinajstić information content (AvgIpc) is 3.08. The van der Waals surface area contributed by atoms with E-state index in [9.17, 15) is 17.6 Å². The molecule has 0 bridgehead atoms. The molecule has 0 aliphatic carbocycles. The second kappa shape index (κ2) is 9.41. The molecule has 2 aromatic rings. The summed E-state index contributed by atoms with van der Waals surface area (Å²) in [5.74, 6) is 0.951. The molecule has 0 saturated heterocycles. The van der Waals surface area contributed by atoms with E-state index >= 15 is 0 Å². The van der Waals surface area contributed by atoms with Crippen molar-refractivity contribution in [3.8, 4) is 0 Å². The topological polar surface area (TPSA) is 76.4 Å². The molecule has 164 valence electrons. The van der Waals surface area contributed by atoms with Crippen LogP contribution in [0.4, 0.5) is 17.6 Å². The number of nitrogens with one attached hydrogen (secondary N) is 2. The quantitative estimate of drug-likeness (QED) is 0.420. The van der Waals surface area contributed by atoms with Crippen molar-refractivity contribution in [3.63, 3.8) is 0 Å². The summed E-state index contributed by atoms with van der Waals surface area (Å²) >= 11 is 0. The minimum absolute atomic E-state index is 0.0114. The van der Waals surface area contributed by atoms with Crippen molar-refractivity contribution < 1.29 is 22.3 Å². The Bertz CT molecular complexity index is 896. The first-order valence-corrected chi connectivity index (χ1v) is 9.62. The Morgan fingerprint density at radius 1 is 1.37 bits per heavy atom. The minimum atomic E-state index is -4.65. The predicted molar refractivity (Wildman–Crippen MR) is 102 cm³/mol. The number of fused-ring (bicyclic) bond motifs is 1. The highest BCUT2D eigenvalue weighted by atomic mass is 19.4. The lowest BCUT2D eigenvalue weighted by Gasteiger charge is -2.25. The molecule has 3 rings (SSSR count). The first kappa shape index (κ1) is 22.0. The summed E-state index contributed by atoms with van der Waals surface area (Å²) in [5.41, 5.74) is -1.11. The summed E-state index contributed by atoms with van der Waals surface area (Å²) in [6.07, 6.45) is -3.16. The molecule has 11 heteroatoms. The van der Waals surface area contributed by atoms with Crippen LogP contribution >= 0.6 is 0 Å². The third-order valence-electron chi connectivity index (χ3n) is 4.65. The van der Waals surface area contributed by atoms with E-state index in [1.165, 1.54) is 0 Å². The van der Waals surface area contributed by atoms with Crippen LogP contribution in [0.5, 0.6) is 0 Å². The van der Waals surface area contributed by atoms with Gasteiger partial charge in [0, 0.05) is 26.1 Å². The van der Waals surface area contributed by atoms with Crippen LogP contribution in [0, 0.1) is 5.82 Å². The van der Waals surface area contributed by atoms with Crippen molar-refractivity contribution in [2.75, 3.05) is 13.7 Å². The van der Waals surface area contributed by atoms with Gasteiger partial charge in [-0.25, -0.2) is 19.0 Å². The van der Waals surface area contributed by atoms with Crippen LogP contribution in [0.15, 0.2) is 23.2 Å². The molecule has 1 aromatic carbocycles. The molecule has 2 N–H and O–H groups in total. The summed E-state index contributed by atoms with van der Waals surface area (Å²) in [7, 11) is 1.58. The van der Waals surface area contributed by atoms with Crippen LogP contribution in [0.2, 0.25) is 0 Å². The molecule has 30 heavy (non-hydrogen) atoms. The molecular weight excluding hydrogens is 404 g/mol. The van der Waals surface area contributed by atoms with Gasteiger partial charge < -0.3 is 15.4 Å². The predicted octanol–water partition coefficient (Wildman–Crippen LogP) is 2.65. The number of ether oxygens (including phenoxy) is 1. The van der Waals surface area contributed by atoms with Crippen LogP contribution < -0.4 is 10.6 Å². The Morgan fingerprint density at radius 3 is 2.87 bits per heavy atom. The molecule has 1 aliphatic rings. The maximum atomic E-state index is 13.3. The summed E-state index contributed by atoms with van der Waals surface area (Å²) in [4.78, 5) is 8.70. The number of methoxy groups -OCH3 is 1. The number of hydrogen-bond donors (Lipinski definition) is 2. The summed E-state index contributed by atoms with van der Waals surface area (Å²) < 4.78 is 59.8. The highest BCUT2D eigenvalue weighted by Crippen LogP contribution is 2.32. The highest BCUT2D eigenvalue weighted by molar-refractivity contribution is 5.80. The van der Waals surface area contributed by atoms with Gasteiger partial charge in [0.05, 0.1) is 18.7 Å². The van der Waals surface area contributed by atoms with Gasteiger partial charge in [0.1, 0.15) is 18.2 Å². The van der Waals surface area contributed by atoms with Gasteiger partial charge in [0.2, 0.25) is 0 Å². The highest BCUT2D eigenvalue weighted by Gasteiger charge is 2.33. The van der Waals surface area contributed by atoms with Gasteiger partial charge in [-0.1, -0.05) is 6.07 Å². The van der Waals surface area contributed by atoms with Crippen LogP contribution in [0.1, 0.15) is 36.1 Å². The van der Waals surface area contributed by atoms with E-state index < -0.39 is 17.6 Å². The van der Waals surface area contributed by atoms with E-state index in [0.29, 0.717) is 44.0 Å². The third-order valence-corrected chi connectivity index (χ3v) is 4.65. The molecule has 1 aromatic heterocycles. The largest absolute Gasteiger partial charge is 0.416 e. The van der Waals surface area contributed by atoms with E-state index in [2.05, 4.69) is 25.7 Å². The van der Waals surface area contributed by atoms with E-state index in [0.717, 1.165) is 24.4 Å². The number of aryl methyl sites for hydroxylation is 1. The molecule has 0 saturated carbocycles. The molecule has 2 heterocycles. The SMILES string of the molecule is CCNC(=NCc1ccc(F)cc1C(F)(F)F)NC1CCc2nc(COC)nn2C1. The molecule has 0 spiro atoms. The number of aromatic nitrogens is 3. The van der Waals surface area contributed by atoms with Crippen molar-refractivity contribution >= 4 is 5.96 Å². The maximum Gasteiger partial charge on any atom is 0.416 e. The Morgan fingerprint density at radius 2 is 2.17 bits per heavy atom. The van der Waals surface area contributed by atoms with Crippen molar-refractivity contribution in [2.24, 2.45) is 4.99 Å². The van der Waals surface area contributed by atoms with Crippen molar-refractivity contribution in [2.45, 2.75) is 51.7 Å². The normalized spacial score (nSPS) is 17.0.